The summed E-state index contributed by atoms with van der Waals surface area (Å²) in [6.07, 6.45) is 0.852. The van der Waals surface area contributed by atoms with Crippen LogP contribution in [-0.2, 0) is 4.79 Å². The number of fused-ring (bicyclic) bond motifs is 1. The number of carbonyl (C=O) groups is 2. The summed E-state index contributed by atoms with van der Waals surface area (Å²) >= 11 is 1.28. The highest BCUT2D eigenvalue weighted by molar-refractivity contribution is 8.02. The maximum Gasteiger partial charge on any atom is 0.259 e. The van der Waals surface area contributed by atoms with E-state index in [-0.39, 0.29) is 11.7 Å². The van der Waals surface area contributed by atoms with Gasteiger partial charge in [0.1, 0.15) is 0 Å². The van der Waals surface area contributed by atoms with Crippen LogP contribution in [0.25, 0.3) is 0 Å². The molecule has 1 heterocycles. The summed E-state index contributed by atoms with van der Waals surface area (Å²) in [6.45, 7) is 1.46. The molecule has 0 fully saturated rings. The molecule has 1 aliphatic rings. The summed E-state index contributed by atoms with van der Waals surface area (Å²) < 4.78 is 0. The van der Waals surface area contributed by atoms with E-state index in [0.29, 0.717) is 12.1 Å². The number of likely N-dealkylation sites (N-methyl/N-ethyl adjacent to an activating group) is 1. The molecule has 0 aliphatic carbocycles. The molecule has 1 aromatic rings. The van der Waals surface area contributed by atoms with E-state index >= 15 is 0 Å². The lowest BCUT2D eigenvalue weighted by atomic mass is 10.0. The Balaban J connectivity index is 2.06. The van der Waals surface area contributed by atoms with Crippen LogP contribution in [0.5, 0.6) is 0 Å². The van der Waals surface area contributed by atoms with E-state index in [9.17, 15) is 9.59 Å². The zero-order valence-electron chi connectivity index (χ0n) is 12.6. The van der Waals surface area contributed by atoms with Gasteiger partial charge in [-0.05, 0) is 40.2 Å². The third-order valence-corrected chi connectivity index (χ3v) is 4.91. The van der Waals surface area contributed by atoms with Gasteiger partial charge in [0.15, 0.2) is 0 Å². The lowest BCUT2D eigenvalue weighted by Crippen LogP contribution is -2.56. The van der Waals surface area contributed by atoms with Gasteiger partial charge < -0.3 is 10.2 Å². The predicted octanol–water partition coefficient (Wildman–Crippen LogP) is 0.959. The molecule has 2 rings (SSSR count). The summed E-state index contributed by atoms with van der Waals surface area (Å²) in [5, 5.41) is 5.78. The van der Waals surface area contributed by atoms with E-state index in [0.717, 1.165) is 17.9 Å². The lowest BCUT2D eigenvalue weighted by Gasteiger charge is -2.24. The Bertz CT molecular complexity index is 547. The van der Waals surface area contributed by atoms with E-state index < -0.39 is 4.87 Å². The summed E-state index contributed by atoms with van der Waals surface area (Å²) in [6, 6.07) is 7.33. The van der Waals surface area contributed by atoms with Crippen LogP contribution in [0.4, 0.5) is 0 Å². The largest absolute Gasteiger partial charge is 0.353 e. The van der Waals surface area contributed by atoms with Crippen LogP contribution in [-0.4, -0.2) is 55.7 Å². The molecule has 1 aliphatic heterocycles. The minimum absolute atomic E-state index is 0.171. The molecule has 0 radical (unpaired) electrons. The number of Topliss-reactive ketones (excluding diaryl/α,β-unsaturated/α-hetero) is 1. The molecule has 0 bridgehead atoms. The first-order valence-electron chi connectivity index (χ1n) is 6.96. The maximum atomic E-state index is 12.6. The van der Waals surface area contributed by atoms with Gasteiger partial charge in [0.2, 0.25) is 10.7 Å². The fraction of sp³-hybridized carbons (Fsp3) is 0.467. The van der Waals surface area contributed by atoms with Crippen molar-refractivity contribution >= 4 is 23.5 Å². The molecule has 1 unspecified atom stereocenters. The van der Waals surface area contributed by atoms with Gasteiger partial charge in [0, 0.05) is 17.0 Å². The second kappa shape index (κ2) is 6.60. The summed E-state index contributed by atoms with van der Waals surface area (Å²) in [7, 11) is 5.63. The molecule has 6 heteroatoms. The second-order valence-electron chi connectivity index (χ2n) is 5.27. The zero-order chi connectivity index (χ0) is 15.5. The Morgan fingerprint density at radius 1 is 1.33 bits per heavy atom. The number of amides is 1. The van der Waals surface area contributed by atoms with Gasteiger partial charge in [0.25, 0.3) is 5.91 Å². The Kier molecular flexibility index (Phi) is 5.03. The molecule has 1 amide bonds. The van der Waals surface area contributed by atoms with Crippen LogP contribution in [0.3, 0.4) is 0 Å². The highest BCUT2D eigenvalue weighted by Gasteiger charge is 2.51. The number of thioether (sulfide) groups is 1. The van der Waals surface area contributed by atoms with Crippen molar-refractivity contribution in [2.24, 2.45) is 0 Å². The van der Waals surface area contributed by atoms with E-state index in [1.807, 2.05) is 32.3 Å². The molecular formula is C15H21N3O2S. The summed E-state index contributed by atoms with van der Waals surface area (Å²) in [5.74, 6) is -0.439. The van der Waals surface area contributed by atoms with Crippen molar-refractivity contribution in [3.63, 3.8) is 0 Å². The van der Waals surface area contributed by atoms with Gasteiger partial charge in [-0.25, -0.2) is 0 Å². The van der Waals surface area contributed by atoms with E-state index in [4.69, 9.17) is 0 Å². The van der Waals surface area contributed by atoms with Crippen molar-refractivity contribution in [3.05, 3.63) is 29.8 Å². The van der Waals surface area contributed by atoms with Crippen LogP contribution in [0.2, 0.25) is 0 Å². The highest BCUT2D eigenvalue weighted by Crippen LogP contribution is 2.43. The summed E-state index contributed by atoms with van der Waals surface area (Å²) in [5.41, 5.74) is 0.611. The number of carbonyl (C=O) groups excluding carboxylic acids is 2. The Morgan fingerprint density at radius 3 is 2.67 bits per heavy atom. The van der Waals surface area contributed by atoms with Crippen LogP contribution >= 0.6 is 11.8 Å². The van der Waals surface area contributed by atoms with Crippen LogP contribution < -0.4 is 10.6 Å². The first-order chi connectivity index (χ1) is 10.0. The van der Waals surface area contributed by atoms with Crippen molar-refractivity contribution in [2.45, 2.75) is 16.2 Å². The molecule has 5 nitrogen and oxygen atoms in total. The highest BCUT2D eigenvalue weighted by atomic mass is 32.2. The fourth-order valence-corrected chi connectivity index (χ4v) is 3.51. The molecule has 2 N–H and O–H groups in total. The van der Waals surface area contributed by atoms with Crippen molar-refractivity contribution in [2.75, 3.05) is 34.2 Å². The Labute approximate surface area is 129 Å². The molecule has 0 spiro atoms. The molecule has 1 atom stereocenters. The standard InChI is InChI=1S/C15H21N3O2S/c1-16-15(14(20)17-9-6-10-18(2)3)13(19)11-7-4-5-8-12(11)21-15/h4-5,7-8,16H,6,9-10H2,1-3H3,(H,17,20). The average Bonchev–Trinajstić information content (AvgIpc) is 2.77. The smallest absolute Gasteiger partial charge is 0.259 e. The number of nitrogens with one attached hydrogen (secondary N) is 2. The Hall–Kier alpha value is -1.37. The molecule has 0 saturated carbocycles. The van der Waals surface area contributed by atoms with Crippen molar-refractivity contribution in [3.8, 4) is 0 Å². The number of benzene rings is 1. The molecule has 0 aromatic heterocycles. The van der Waals surface area contributed by atoms with Gasteiger partial charge in [0.05, 0.1) is 0 Å². The number of rotatable bonds is 6. The second-order valence-corrected chi connectivity index (χ2v) is 6.53. The molecule has 114 valence electrons. The molecular weight excluding hydrogens is 286 g/mol. The first-order valence-corrected chi connectivity index (χ1v) is 7.77. The first kappa shape index (κ1) is 16.0. The SMILES string of the molecule is CNC1(C(=O)NCCCN(C)C)Sc2ccccc2C1=O. The van der Waals surface area contributed by atoms with Gasteiger partial charge in [-0.1, -0.05) is 30.0 Å². The zero-order valence-corrected chi connectivity index (χ0v) is 13.4. The fourth-order valence-electron chi connectivity index (χ4n) is 2.29. The lowest BCUT2D eigenvalue weighted by molar-refractivity contribution is -0.122. The third-order valence-electron chi connectivity index (χ3n) is 3.45. The van der Waals surface area contributed by atoms with E-state index in [1.165, 1.54) is 11.8 Å². The summed E-state index contributed by atoms with van der Waals surface area (Å²) in [4.78, 5) is 26.7. The minimum Gasteiger partial charge on any atom is -0.353 e. The molecule has 1 aromatic carbocycles. The third kappa shape index (κ3) is 3.12. The van der Waals surface area contributed by atoms with Gasteiger partial charge in [-0.3, -0.25) is 14.9 Å². The van der Waals surface area contributed by atoms with Crippen LogP contribution in [0, 0.1) is 0 Å². The minimum atomic E-state index is -1.23. The maximum absolute atomic E-state index is 12.6. The quantitative estimate of drug-likeness (QED) is 0.605. The molecule has 0 saturated heterocycles. The average molecular weight is 307 g/mol. The topological polar surface area (TPSA) is 61.4 Å². The Morgan fingerprint density at radius 2 is 2.05 bits per heavy atom. The van der Waals surface area contributed by atoms with E-state index in [2.05, 4.69) is 15.5 Å². The van der Waals surface area contributed by atoms with Gasteiger partial charge >= 0.3 is 0 Å². The van der Waals surface area contributed by atoms with Crippen molar-refractivity contribution in [1.29, 1.82) is 0 Å². The predicted molar refractivity (Wildman–Crippen MR) is 84.6 cm³/mol. The van der Waals surface area contributed by atoms with Crippen molar-refractivity contribution < 1.29 is 9.59 Å². The number of ketones is 1. The molecule has 21 heavy (non-hydrogen) atoms. The number of nitrogens with zero attached hydrogens (tertiary/aromatic N) is 1. The van der Waals surface area contributed by atoms with Crippen LogP contribution in [0.15, 0.2) is 29.2 Å². The van der Waals surface area contributed by atoms with Crippen molar-refractivity contribution in [1.82, 2.24) is 15.5 Å². The monoisotopic (exact) mass is 307 g/mol. The van der Waals surface area contributed by atoms with E-state index in [1.54, 1.807) is 13.1 Å². The van der Waals surface area contributed by atoms with Gasteiger partial charge in [-0.2, -0.15) is 0 Å². The number of hydrogen-bond acceptors (Lipinski definition) is 5. The normalized spacial score (nSPS) is 20.7. The van der Waals surface area contributed by atoms with Gasteiger partial charge in [-0.15, -0.1) is 0 Å². The number of hydrogen-bond donors (Lipinski definition) is 2. The van der Waals surface area contributed by atoms with Crippen LogP contribution in [0.1, 0.15) is 16.8 Å².